The van der Waals surface area contributed by atoms with Crippen molar-refractivity contribution in [2.24, 2.45) is 4.99 Å². The lowest BCUT2D eigenvalue weighted by Gasteiger charge is -2.25. The van der Waals surface area contributed by atoms with Crippen molar-refractivity contribution < 1.29 is 0 Å². The molecule has 1 aromatic carbocycles. The molecule has 16 heavy (non-hydrogen) atoms. The van der Waals surface area contributed by atoms with Gasteiger partial charge in [-0.2, -0.15) is 0 Å². The third-order valence-corrected chi connectivity index (χ3v) is 3.02. The Bertz CT molecular complexity index is 401. The van der Waals surface area contributed by atoms with Gasteiger partial charge in [-0.25, -0.2) is 0 Å². The summed E-state index contributed by atoms with van der Waals surface area (Å²) >= 11 is 6.23. The van der Waals surface area contributed by atoms with E-state index in [1.165, 1.54) is 0 Å². The largest absolute Gasteiger partial charge is 0.370 e. The molecular formula is C12H16ClN3. The summed E-state index contributed by atoms with van der Waals surface area (Å²) < 4.78 is 0. The van der Waals surface area contributed by atoms with Crippen LogP contribution in [0, 0.1) is 0 Å². The molecule has 4 heteroatoms. The fourth-order valence-electron chi connectivity index (χ4n) is 1.97. The Morgan fingerprint density at radius 1 is 1.38 bits per heavy atom. The molecule has 0 aromatic heterocycles. The van der Waals surface area contributed by atoms with Crippen molar-refractivity contribution in [2.45, 2.75) is 6.04 Å². The number of rotatable bonds is 3. The van der Waals surface area contributed by atoms with Crippen LogP contribution in [-0.4, -0.2) is 37.9 Å². The zero-order chi connectivity index (χ0) is 11.5. The third kappa shape index (κ3) is 2.20. The van der Waals surface area contributed by atoms with Crippen molar-refractivity contribution >= 4 is 17.4 Å². The van der Waals surface area contributed by atoms with E-state index in [4.69, 9.17) is 11.6 Å². The van der Waals surface area contributed by atoms with E-state index in [1.807, 2.05) is 32.3 Å². The van der Waals surface area contributed by atoms with E-state index >= 15 is 0 Å². The molecule has 1 N–H and O–H groups in total. The molecule has 0 amide bonds. The first-order valence-corrected chi connectivity index (χ1v) is 5.77. The monoisotopic (exact) mass is 237 g/mol. The van der Waals surface area contributed by atoms with Gasteiger partial charge in [0.1, 0.15) is 5.84 Å². The van der Waals surface area contributed by atoms with Crippen molar-refractivity contribution in [3.63, 3.8) is 0 Å². The predicted octanol–water partition coefficient (Wildman–Crippen LogP) is 1.94. The van der Waals surface area contributed by atoms with E-state index < -0.39 is 0 Å². The number of amidine groups is 1. The van der Waals surface area contributed by atoms with Gasteiger partial charge in [0.25, 0.3) is 0 Å². The van der Waals surface area contributed by atoms with Gasteiger partial charge in [0.2, 0.25) is 0 Å². The van der Waals surface area contributed by atoms with Crippen LogP contribution in [0.1, 0.15) is 11.6 Å². The molecule has 86 valence electrons. The number of likely N-dealkylation sites (N-methyl/N-ethyl adjacent to an activating group) is 1. The number of hydrogen-bond donors (Lipinski definition) is 1. The highest BCUT2D eigenvalue weighted by Gasteiger charge is 2.24. The van der Waals surface area contributed by atoms with Crippen molar-refractivity contribution in [1.29, 1.82) is 0 Å². The van der Waals surface area contributed by atoms with Crippen LogP contribution in [0.3, 0.4) is 0 Å². The van der Waals surface area contributed by atoms with Crippen molar-refractivity contribution in [3.05, 3.63) is 34.9 Å². The molecule has 0 saturated heterocycles. The van der Waals surface area contributed by atoms with Gasteiger partial charge < -0.3 is 5.32 Å². The topological polar surface area (TPSA) is 27.6 Å². The minimum atomic E-state index is 0.121. The first-order chi connectivity index (χ1) is 7.70. The Morgan fingerprint density at radius 3 is 2.69 bits per heavy atom. The summed E-state index contributed by atoms with van der Waals surface area (Å²) in [5.74, 6) is 1.01. The Kier molecular flexibility index (Phi) is 3.46. The molecule has 0 bridgehead atoms. The maximum atomic E-state index is 6.23. The molecule has 1 aliphatic heterocycles. The molecule has 3 nitrogen and oxygen atoms in total. The fraction of sp³-hybridized carbons (Fsp3) is 0.417. The molecule has 1 heterocycles. The highest BCUT2D eigenvalue weighted by atomic mass is 35.5. The molecule has 1 aromatic rings. The molecule has 0 aliphatic carbocycles. The average molecular weight is 238 g/mol. The summed E-state index contributed by atoms with van der Waals surface area (Å²) in [7, 11) is 4.08. The van der Waals surface area contributed by atoms with Gasteiger partial charge >= 0.3 is 0 Å². The maximum Gasteiger partial charge on any atom is 0.119 e. The number of hydrogen-bond acceptors (Lipinski definition) is 3. The maximum absolute atomic E-state index is 6.23. The van der Waals surface area contributed by atoms with Crippen molar-refractivity contribution in [1.82, 2.24) is 10.2 Å². The summed E-state index contributed by atoms with van der Waals surface area (Å²) in [6.45, 7) is 1.77. The lowest BCUT2D eigenvalue weighted by molar-refractivity contribution is 0.365. The summed E-state index contributed by atoms with van der Waals surface area (Å²) in [4.78, 5) is 6.60. The van der Waals surface area contributed by atoms with Gasteiger partial charge in [0.15, 0.2) is 0 Å². The molecule has 1 unspecified atom stereocenters. The van der Waals surface area contributed by atoms with Crippen molar-refractivity contribution in [3.8, 4) is 0 Å². The molecule has 0 saturated carbocycles. The van der Waals surface area contributed by atoms with Crippen LogP contribution < -0.4 is 5.32 Å². The summed E-state index contributed by atoms with van der Waals surface area (Å²) in [5, 5.41) is 4.10. The van der Waals surface area contributed by atoms with Crippen LogP contribution in [0.5, 0.6) is 0 Å². The summed E-state index contributed by atoms with van der Waals surface area (Å²) in [6, 6.07) is 8.05. The SMILES string of the molecule is CN(C)C(C1=NCCN1)c1ccccc1Cl. The number of nitrogens with one attached hydrogen (secondary N) is 1. The molecule has 2 rings (SSSR count). The zero-order valence-corrected chi connectivity index (χ0v) is 10.3. The predicted molar refractivity (Wildman–Crippen MR) is 68.2 cm³/mol. The average Bonchev–Trinajstić information content (AvgIpc) is 2.74. The third-order valence-electron chi connectivity index (χ3n) is 2.68. The van der Waals surface area contributed by atoms with E-state index in [-0.39, 0.29) is 6.04 Å². The summed E-state index contributed by atoms with van der Waals surface area (Å²) in [6.07, 6.45) is 0. The van der Waals surface area contributed by atoms with Crippen LogP contribution in [0.15, 0.2) is 29.3 Å². The van der Waals surface area contributed by atoms with Gasteiger partial charge in [-0.15, -0.1) is 0 Å². The first kappa shape index (κ1) is 11.4. The fourth-order valence-corrected chi connectivity index (χ4v) is 2.21. The second-order valence-corrected chi connectivity index (χ2v) is 4.49. The molecule has 0 fully saturated rings. The smallest absolute Gasteiger partial charge is 0.119 e. The highest BCUT2D eigenvalue weighted by Crippen LogP contribution is 2.27. The van der Waals surface area contributed by atoms with Crippen molar-refractivity contribution in [2.75, 3.05) is 27.2 Å². The molecule has 1 aliphatic rings. The van der Waals surface area contributed by atoms with E-state index in [0.29, 0.717) is 0 Å². The standard InChI is InChI=1S/C12H16ClN3/c1-16(2)11(12-14-7-8-15-12)9-5-3-4-6-10(9)13/h3-6,11H,7-8H2,1-2H3,(H,14,15). The van der Waals surface area contributed by atoms with Gasteiger partial charge in [-0.1, -0.05) is 29.8 Å². The molecular weight excluding hydrogens is 222 g/mol. The Morgan fingerprint density at radius 2 is 2.12 bits per heavy atom. The minimum absolute atomic E-state index is 0.121. The van der Waals surface area contributed by atoms with Gasteiger partial charge in [-0.3, -0.25) is 9.89 Å². The lowest BCUT2D eigenvalue weighted by Crippen LogP contribution is -2.34. The Labute approximate surface area is 101 Å². The van der Waals surface area contributed by atoms with Gasteiger partial charge in [0, 0.05) is 11.6 Å². The number of benzene rings is 1. The second kappa shape index (κ2) is 4.85. The number of halogens is 1. The van der Waals surface area contributed by atoms with Gasteiger partial charge in [-0.05, 0) is 25.7 Å². The Hall–Kier alpha value is -1.06. The first-order valence-electron chi connectivity index (χ1n) is 5.39. The van der Waals surface area contributed by atoms with Crippen LogP contribution in [0.2, 0.25) is 5.02 Å². The Balaban J connectivity index is 2.36. The second-order valence-electron chi connectivity index (χ2n) is 4.08. The van der Waals surface area contributed by atoms with Crippen LogP contribution in [-0.2, 0) is 0 Å². The summed E-state index contributed by atoms with van der Waals surface area (Å²) in [5.41, 5.74) is 1.10. The molecule has 1 atom stereocenters. The molecule has 0 spiro atoms. The zero-order valence-electron chi connectivity index (χ0n) is 9.57. The molecule has 0 radical (unpaired) electrons. The lowest BCUT2D eigenvalue weighted by atomic mass is 10.0. The number of aliphatic imine (C=N–C) groups is 1. The highest BCUT2D eigenvalue weighted by molar-refractivity contribution is 6.31. The normalized spacial score (nSPS) is 17.1. The van der Waals surface area contributed by atoms with Gasteiger partial charge in [0.05, 0.1) is 12.6 Å². The van der Waals surface area contributed by atoms with Crippen LogP contribution in [0.4, 0.5) is 0 Å². The van der Waals surface area contributed by atoms with E-state index in [1.54, 1.807) is 0 Å². The van der Waals surface area contributed by atoms with E-state index in [0.717, 1.165) is 29.5 Å². The van der Waals surface area contributed by atoms with E-state index in [2.05, 4.69) is 21.3 Å². The van der Waals surface area contributed by atoms with E-state index in [9.17, 15) is 0 Å². The quantitative estimate of drug-likeness (QED) is 0.870. The minimum Gasteiger partial charge on any atom is -0.370 e. The number of nitrogens with zero attached hydrogens (tertiary/aromatic N) is 2. The van der Waals surface area contributed by atoms with Crippen LogP contribution in [0.25, 0.3) is 0 Å². The van der Waals surface area contributed by atoms with Crippen LogP contribution >= 0.6 is 11.6 Å².